The quantitative estimate of drug-likeness (QED) is 0.473. The number of phenols is 1. The van der Waals surface area contributed by atoms with Crippen LogP contribution in [-0.2, 0) is 0 Å². The summed E-state index contributed by atoms with van der Waals surface area (Å²) in [4.78, 5) is 5.85. The van der Waals surface area contributed by atoms with Crippen LogP contribution in [0.1, 0.15) is 40.8 Å². The van der Waals surface area contributed by atoms with Gasteiger partial charge in [-0.05, 0) is 37.0 Å². The first kappa shape index (κ1) is 15.9. The first-order chi connectivity index (χ1) is 13.6. The highest BCUT2D eigenvalue weighted by molar-refractivity contribution is 7.16. The molecule has 1 aliphatic heterocycles. The van der Waals surface area contributed by atoms with E-state index in [2.05, 4.69) is 21.5 Å². The number of hydrogen-bond donors (Lipinski definition) is 3. The molecule has 1 aliphatic carbocycles. The fraction of sp³-hybridized carbons (Fsp3) is 0.200. The minimum atomic E-state index is -0.461. The summed E-state index contributed by atoms with van der Waals surface area (Å²) in [5.41, 5.74) is 9.85. The molecule has 1 aromatic carbocycles. The molecule has 4 aromatic rings. The lowest BCUT2D eigenvalue weighted by Gasteiger charge is -2.19. The summed E-state index contributed by atoms with van der Waals surface area (Å²) in [6.07, 6.45) is 4.22. The van der Waals surface area contributed by atoms with Crippen LogP contribution in [0.3, 0.4) is 0 Å². The lowest BCUT2D eigenvalue weighted by Crippen LogP contribution is -2.12. The van der Waals surface area contributed by atoms with Crippen molar-refractivity contribution in [3.8, 4) is 17.0 Å². The SMILES string of the molecule is Nc1nc2c3c(ccn3n1)C(c1ccc(O)cc1F)Nc1sc(C3CC3)cc1-2. The van der Waals surface area contributed by atoms with Crippen molar-refractivity contribution in [1.82, 2.24) is 14.6 Å². The molecule has 6 nitrogen and oxygen atoms in total. The van der Waals surface area contributed by atoms with Crippen LogP contribution in [0, 0.1) is 5.82 Å². The second-order valence-electron chi connectivity index (χ2n) is 7.33. The lowest BCUT2D eigenvalue weighted by molar-refractivity contribution is 0.467. The van der Waals surface area contributed by atoms with Gasteiger partial charge in [-0.25, -0.2) is 13.9 Å². The number of phenolic OH excluding ortho intramolecular Hbond substituents is 1. The maximum atomic E-state index is 14.8. The van der Waals surface area contributed by atoms with Crippen LogP contribution in [0.2, 0.25) is 0 Å². The van der Waals surface area contributed by atoms with Gasteiger partial charge in [-0.1, -0.05) is 6.07 Å². The van der Waals surface area contributed by atoms with Crippen molar-refractivity contribution in [3.63, 3.8) is 0 Å². The Labute approximate surface area is 163 Å². The van der Waals surface area contributed by atoms with Gasteiger partial charge in [0.25, 0.3) is 0 Å². The predicted octanol–water partition coefficient (Wildman–Crippen LogP) is 4.28. The number of fused-ring (bicyclic) bond motifs is 2. The molecular weight excluding hydrogens is 377 g/mol. The molecule has 0 saturated heterocycles. The monoisotopic (exact) mass is 393 g/mol. The number of benzene rings is 1. The number of nitrogens with two attached hydrogens (primary N) is 1. The number of nitrogens with zero attached hydrogens (tertiary/aromatic N) is 3. The van der Waals surface area contributed by atoms with Crippen LogP contribution in [0.4, 0.5) is 15.3 Å². The number of halogens is 1. The average molecular weight is 393 g/mol. The number of thiophene rings is 1. The molecule has 1 saturated carbocycles. The maximum Gasteiger partial charge on any atom is 0.238 e. The Morgan fingerprint density at radius 1 is 1.21 bits per heavy atom. The van der Waals surface area contributed by atoms with Crippen LogP contribution in [0.15, 0.2) is 36.5 Å². The maximum absolute atomic E-state index is 14.8. The Morgan fingerprint density at radius 2 is 2.07 bits per heavy atom. The summed E-state index contributed by atoms with van der Waals surface area (Å²) >= 11 is 1.70. The van der Waals surface area contributed by atoms with Crippen molar-refractivity contribution >= 4 is 27.8 Å². The van der Waals surface area contributed by atoms with E-state index in [1.165, 1.54) is 23.8 Å². The third-order valence-electron chi connectivity index (χ3n) is 5.43. The van der Waals surface area contributed by atoms with Crippen molar-refractivity contribution in [1.29, 1.82) is 0 Å². The Hall–Kier alpha value is -3.13. The van der Waals surface area contributed by atoms with Crippen molar-refractivity contribution in [2.45, 2.75) is 24.8 Å². The summed E-state index contributed by atoms with van der Waals surface area (Å²) in [5.74, 6) is 0.242. The van der Waals surface area contributed by atoms with Crippen molar-refractivity contribution < 1.29 is 9.50 Å². The van der Waals surface area contributed by atoms with Crippen molar-refractivity contribution in [2.75, 3.05) is 11.1 Å². The van der Waals surface area contributed by atoms with Gasteiger partial charge in [0.05, 0.1) is 16.6 Å². The number of hydrogen-bond acceptors (Lipinski definition) is 6. The Balaban J connectivity index is 1.65. The Bertz CT molecular complexity index is 1260. The van der Waals surface area contributed by atoms with E-state index in [0.29, 0.717) is 11.5 Å². The second-order valence-corrected chi connectivity index (χ2v) is 8.42. The van der Waals surface area contributed by atoms with Crippen LogP contribution < -0.4 is 11.1 Å². The van der Waals surface area contributed by atoms with Gasteiger partial charge in [-0.15, -0.1) is 16.4 Å². The molecule has 4 N–H and O–H groups in total. The van der Waals surface area contributed by atoms with Gasteiger partial charge < -0.3 is 16.2 Å². The summed E-state index contributed by atoms with van der Waals surface area (Å²) in [7, 11) is 0. The fourth-order valence-electron chi connectivity index (χ4n) is 3.95. The zero-order valence-corrected chi connectivity index (χ0v) is 15.5. The minimum absolute atomic E-state index is 0.0961. The van der Waals surface area contributed by atoms with Gasteiger partial charge in [0.2, 0.25) is 5.95 Å². The molecule has 28 heavy (non-hydrogen) atoms. The van der Waals surface area contributed by atoms with E-state index in [9.17, 15) is 9.50 Å². The van der Waals surface area contributed by atoms with Crippen molar-refractivity contribution in [2.24, 2.45) is 0 Å². The first-order valence-corrected chi connectivity index (χ1v) is 9.94. The minimum Gasteiger partial charge on any atom is -0.508 e. The highest BCUT2D eigenvalue weighted by atomic mass is 32.1. The van der Waals surface area contributed by atoms with E-state index >= 15 is 0 Å². The summed E-state index contributed by atoms with van der Waals surface area (Å²) < 4.78 is 16.5. The molecule has 0 spiro atoms. The van der Waals surface area contributed by atoms with Gasteiger partial charge in [-0.3, -0.25) is 0 Å². The third-order valence-corrected chi connectivity index (χ3v) is 6.65. The smallest absolute Gasteiger partial charge is 0.238 e. The highest BCUT2D eigenvalue weighted by Gasteiger charge is 2.33. The zero-order chi connectivity index (χ0) is 19.0. The van der Waals surface area contributed by atoms with Crippen LogP contribution in [0.5, 0.6) is 5.75 Å². The first-order valence-electron chi connectivity index (χ1n) is 9.12. The van der Waals surface area contributed by atoms with E-state index in [1.807, 2.05) is 12.3 Å². The molecule has 140 valence electrons. The number of nitrogen functional groups attached to an aromatic ring is 1. The second kappa shape index (κ2) is 5.45. The standard InChI is InChI=1S/C20H16FN5OS/c21-14-7-10(27)3-4-11(14)16-12-5-6-26-18(12)17(24-20(22)25-26)13-8-15(9-1-2-9)28-19(13)23-16/h3-9,16,23,27H,1-2H2,(H2,22,25). The number of nitrogens with one attached hydrogen (secondary N) is 1. The molecule has 6 rings (SSSR count). The van der Waals surface area contributed by atoms with Gasteiger partial charge in [0.1, 0.15) is 17.3 Å². The largest absolute Gasteiger partial charge is 0.508 e. The average Bonchev–Trinajstić information content (AvgIpc) is 3.32. The highest BCUT2D eigenvalue weighted by Crippen LogP contribution is 2.51. The Morgan fingerprint density at radius 3 is 2.86 bits per heavy atom. The molecule has 0 bridgehead atoms. The van der Waals surface area contributed by atoms with Gasteiger partial charge in [-0.2, -0.15) is 0 Å². The van der Waals surface area contributed by atoms with Gasteiger partial charge in [0.15, 0.2) is 0 Å². The number of aromatic hydroxyl groups is 1. The number of anilines is 2. The molecule has 3 aromatic heterocycles. The lowest BCUT2D eigenvalue weighted by atomic mass is 9.99. The normalized spacial score (nSPS) is 18.0. The molecule has 8 heteroatoms. The molecule has 0 amide bonds. The number of rotatable bonds is 2. The molecule has 1 unspecified atom stereocenters. The predicted molar refractivity (Wildman–Crippen MR) is 106 cm³/mol. The van der Waals surface area contributed by atoms with E-state index in [1.54, 1.807) is 21.9 Å². The third kappa shape index (κ3) is 2.24. The van der Waals surface area contributed by atoms with E-state index in [-0.39, 0.29) is 11.7 Å². The Kier molecular flexibility index (Phi) is 3.09. The topological polar surface area (TPSA) is 88.5 Å². The van der Waals surface area contributed by atoms with Crippen LogP contribution in [0.25, 0.3) is 16.8 Å². The zero-order valence-electron chi connectivity index (χ0n) is 14.7. The van der Waals surface area contributed by atoms with E-state index < -0.39 is 11.9 Å². The summed E-state index contributed by atoms with van der Waals surface area (Å²) in [6, 6.07) is 7.92. The number of aromatic nitrogens is 3. The van der Waals surface area contributed by atoms with Crippen LogP contribution >= 0.6 is 11.3 Å². The molecule has 1 atom stereocenters. The van der Waals surface area contributed by atoms with Crippen LogP contribution in [-0.4, -0.2) is 19.7 Å². The molecule has 4 heterocycles. The molecule has 1 fully saturated rings. The fourth-order valence-corrected chi connectivity index (χ4v) is 5.21. The van der Waals surface area contributed by atoms with Gasteiger partial charge >= 0.3 is 0 Å². The molecule has 0 radical (unpaired) electrons. The van der Waals surface area contributed by atoms with E-state index in [4.69, 9.17) is 5.73 Å². The summed E-state index contributed by atoms with van der Waals surface area (Å²) in [6.45, 7) is 0. The van der Waals surface area contributed by atoms with Gasteiger partial charge in [0, 0.05) is 33.8 Å². The van der Waals surface area contributed by atoms with Crippen molar-refractivity contribution in [3.05, 3.63) is 58.3 Å². The molecular formula is C20H16FN5OS. The van der Waals surface area contributed by atoms with E-state index in [0.717, 1.165) is 33.4 Å². The summed E-state index contributed by atoms with van der Waals surface area (Å²) in [5, 5.41) is 18.4. The molecule has 2 aliphatic rings.